The molecule has 0 radical (unpaired) electrons. The highest BCUT2D eigenvalue weighted by atomic mass is 32.2. The van der Waals surface area contributed by atoms with Crippen LogP contribution in [0, 0.1) is 0 Å². The number of nitrogens with one attached hydrogen (secondary N) is 1. The van der Waals surface area contributed by atoms with Gasteiger partial charge in [-0.2, -0.15) is 0 Å². The van der Waals surface area contributed by atoms with Gasteiger partial charge in [0.15, 0.2) is 9.84 Å². The van der Waals surface area contributed by atoms with Crippen LogP contribution in [0.4, 0.5) is 0 Å². The number of benzene rings is 1. The second-order valence-electron chi connectivity index (χ2n) is 5.36. The first-order chi connectivity index (χ1) is 9.54. The van der Waals surface area contributed by atoms with Crippen LogP contribution < -0.4 is 5.32 Å². The maximum absolute atomic E-state index is 11.3. The van der Waals surface area contributed by atoms with Gasteiger partial charge in [0.1, 0.15) is 0 Å². The normalized spacial score (nSPS) is 11.7. The molecular weight excluding hydrogens is 270 g/mol. The molecule has 20 heavy (non-hydrogen) atoms. The lowest BCUT2D eigenvalue weighted by molar-refractivity contribution is 0.572. The lowest BCUT2D eigenvalue weighted by Crippen LogP contribution is -2.14. The van der Waals surface area contributed by atoms with Gasteiger partial charge < -0.3 is 5.32 Å². The van der Waals surface area contributed by atoms with Crippen molar-refractivity contribution in [3.8, 4) is 0 Å². The first kappa shape index (κ1) is 17.2. The quantitative estimate of drug-likeness (QED) is 0.672. The number of sulfone groups is 1. The molecule has 0 aromatic heterocycles. The molecular formula is C16H27NO2S. The highest BCUT2D eigenvalue weighted by Crippen LogP contribution is 2.10. The second kappa shape index (κ2) is 9.14. The van der Waals surface area contributed by atoms with Crippen LogP contribution in [0.1, 0.15) is 51.0 Å². The topological polar surface area (TPSA) is 46.2 Å². The first-order valence-corrected chi connectivity index (χ1v) is 9.43. The molecule has 0 heterocycles. The zero-order valence-electron chi connectivity index (χ0n) is 12.7. The van der Waals surface area contributed by atoms with E-state index in [1.54, 1.807) is 12.1 Å². The SMILES string of the molecule is CCCCCCCCNCc1ccc(S(C)(=O)=O)cc1. The molecule has 0 atom stereocenters. The highest BCUT2D eigenvalue weighted by molar-refractivity contribution is 7.90. The molecule has 0 unspecified atom stereocenters. The fourth-order valence-corrected chi connectivity index (χ4v) is 2.75. The standard InChI is InChI=1S/C16H27NO2S/c1-3-4-5-6-7-8-13-17-14-15-9-11-16(12-10-15)20(2,18)19/h9-12,17H,3-8,13-14H2,1-2H3. The van der Waals surface area contributed by atoms with Crippen molar-refractivity contribution >= 4 is 9.84 Å². The molecule has 0 aliphatic rings. The molecule has 0 fully saturated rings. The molecule has 0 saturated heterocycles. The minimum atomic E-state index is -3.08. The zero-order chi connectivity index (χ0) is 14.8. The molecule has 1 aromatic rings. The fourth-order valence-electron chi connectivity index (χ4n) is 2.12. The van der Waals surface area contributed by atoms with Gasteiger partial charge in [-0.05, 0) is 30.7 Å². The summed E-state index contributed by atoms with van der Waals surface area (Å²) in [6, 6.07) is 7.11. The number of rotatable bonds is 10. The monoisotopic (exact) mass is 297 g/mol. The van der Waals surface area contributed by atoms with Gasteiger partial charge in [0, 0.05) is 12.8 Å². The summed E-state index contributed by atoms with van der Waals surface area (Å²) >= 11 is 0. The van der Waals surface area contributed by atoms with E-state index in [4.69, 9.17) is 0 Å². The lowest BCUT2D eigenvalue weighted by atomic mass is 10.1. The van der Waals surface area contributed by atoms with E-state index in [1.807, 2.05) is 12.1 Å². The third kappa shape index (κ3) is 7.06. The molecule has 0 aliphatic carbocycles. The molecule has 0 bridgehead atoms. The van der Waals surface area contributed by atoms with Gasteiger partial charge in [-0.1, -0.05) is 51.2 Å². The number of unbranched alkanes of at least 4 members (excludes halogenated alkanes) is 5. The molecule has 0 amide bonds. The molecule has 114 valence electrons. The number of hydrogen-bond acceptors (Lipinski definition) is 3. The van der Waals surface area contributed by atoms with E-state index in [1.165, 1.54) is 44.8 Å². The minimum Gasteiger partial charge on any atom is -0.313 e. The maximum Gasteiger partial charge on any atom is 0.175 e. The zero-order valence-corrected chi connectivity index (χ0v) is 13.5. The third-order valence-corrected chi connectivity index (χ3v) is 4.52. The van der Waals surface area contributed by atoms with E-state index in [0.717, 1.165) is 18.7 Å². The summed E-state index contributed by atoms with van der Waals surface area (Å²) in [5.41, 5.74) is 1.13. The van der Waals surface area contributed by atoms with Crippen LogP contribution in [0.5, 0.6) is 0 Å². The van der Waals surface area contributed by atoms with Crippen LogP contribution in [0.3, 0.4) is 0 Å². The molecule has 0 spiro atoms. The predicted molar refractivity (Wildman–Crippen MR) is 84.6 cm³/mol. The van der Waals surface area contributed by atoms with Crippen molar-refractivity contribution in [1.29, 1.82) is 0 Å². The maximum atomic E-state index is 11.3. The van der Waals surface area contributed by atoms with E-state index in [2.05, 4.69) is 12.2 Å². The minimum absolute atomic E-state index is 0.386. The molecule has 0 saturated carbocycles. The van der Waals surface area contributed by atoms with Gasteiger partial charge in [-0.3, -0.25) is 0 Å². The average Bonchev–Trinajstić information content (AvgIpc) is 2.41. The van der Waals surface area contributed by atoms with Crippen molar-refractivity contribution in [2.45, 2.75) is 56.9 Å². The van der Waals surface area contributed by atoms with Crippen molar-refractivity contribution in [3.05, 3.63) is 29.8 Å². The van der Waals surface area contributed by atoms with E-state index < -0.39 is 9.84 Å². The summed E-state index contributed by atoms with van der Waals surface area (Å²) in [7, 11) is -3.08. The molecule has 1 aromatic carbocycles. The summed E-state index contributed by atoms with van der Waals surface area (Å²) < 4.78 is 22.7. The summed E-state index contributed by atoms with van der Waals surface area (Å²) in [6.07, 6.45) is 9.06. The van der Waals surface area contributed by atoms with E-state index >= 15 is 0 Å². The average molecular weight is 297 g/mol. The smallest absolute Gasteiger partial charge is 0.175 e. The van der Waals surface area contributed by atoms with Gasteiger partial charge in [0.25, 0.3) is 0 Å². The van der Waals surface area contributed by atoms with Crippen molar-refractivity contribution in [3.63, 3.8) is 0 Å². The van der Waals surface area contributed by atoms with Gasteiger partial charge in [-0.15, -0.1) is 0 Å². The number of hydrogen-bond donors (Lipinski definition) is 1. The second-order valence-corrected chi connectivity index (χ2v) is 7.38. The van der Waals surface area contributed by atoms with Crippen LogP contribution in [-0.4, -0.2) is 21.2 Å². The molecule has 4 heteroatoms. The third-order valence-electron chi connectivity index (χ3n) is 3.39. The van der Waals surface area contributed by atoms with Crippen LogP contribution >= 0.6 is 0 Å². The van der Waals surface area contributed by atoms with Gasteiger partial charge in [0.05, 0.1) is 4.90 Å². The fraction of sp³-hybridized carbons (Fsp3) is 0.625. The Labute approximate surface area is 123 Å². The van der Waals surface area contributed by atoms with Crippen molar-refractivity contribution < 1.29 is 8.42 Å². The van der Waals surface area contributed by atoms with Crippen LogP contribution in [-0.2, 0) is 16.4 Å². The highest BCUT2D eigenvalue weighted by Gasteiger charge is 2.05. The Morgan fingerprint density at radius 1 is 0.950 bits per heavy atom. The van der Waals surface area contributed by atoms with Gasteiger partial charge >= 0.3 is 0 Å². The molecule has 1 N–H and O–H groups in total. The van der Waals surface area contributed by atoms with Gasteiger partial charge in [0.2, 0.25) is 0 Å². The van der Waals surface area contributed by atoms with Crippen molar-refractivity contribution in [1.82, 2.24) is 5.32 Å². The molecule has 1 rings (SSSR count). The van der Waals surface area contributed by atoms with Crippen molar-refractivity contribution in [2.75, 3.05) is 12.8 Å². The van der Waals surface area contributed by atoms with Crippen LogP contribution in [0.25, 0.3) is 0 Å². The Bertz CT molecular complexity index is 466. The molecule has 3 nitrogen and oxygen atoms in total. The van der Waals surface area contributed by atoms with Crippen LogP contribution in [0.15, 0.2) is 29.2 Å². The van der Waals surface area contributed by atoms with Gasteiger partial charge in [-0.25, -0.2) is 8.42 Å². The summed E-state index contributed by atoms with van der Waals surface area (Å²) in [4.78, 5) is 0.386. The Morgan fingerprint density at radius 2 is 1.55 bits per heavy atom. The Kier molecular flexibility index (Phi) is 7.85. The van der Waals surface area contributed by atoms with E-state index in [0.29, 0.717) is 4.90 Å². The summed E-state index contributed by atoms with van der Waals surface area (Å²) in [5.74, 6) is 0. The Balaban J connectivity index is 2.16. The predicted octanol–water partition coefficient (Wildman–Crippen LogP) is 3.54. The van der Waals surface area contributed by atoms with Crippen LogP contribution in [0.2, 0.25) is 0 Å². The largest absolute Gasteiger partial charge is 0.313 e. The first-order valence-electron chi connectivity index (χ1n) is 7.53. The Morgan fingerprint density at radius 3 is 2.15 bits per heavy atom. The molecule has 0 aliphatic heterocycles. The van der Waals surface area contributed by atoms with E-state index in [-0.39, 0.29) is 0 Å². The van der Waals surface area contributed by atoms with E-state index in [9.17, 15) is 8.42 Å². The van der Waals surface area contributed by atoms with Crippen molar-refractivity contribution in [2.24, 2.45) is 0 Å². The summed E-state index contributed by atoms with van der Waals surface area (Å²) in [5, 5.41) is 3.40. The summed E-state index contributed by atoms with van der Waals surface area (Å²) in [6.45, 7) is 4.07. The lowest BCUT2D eigenvalue weighted by Gasteiger charge is -2.06. The Hall–Kier alpha value is -0.870.